The fourth-order valence-electron chi connectivity index (χ4n) is 2.89. The largest absolute Gasteiger partial charge is 0.337 e. The Morgan fingerprint density at radius 3 is 2.95 bits per heavy atom. The second-order valence-electron chi connectivity index (χ2n) is 5.30. The number of carbonyl (C=O) groups is 2. The number of carbonyl (C=O) groups excluding carboxylic acids is 2. The molecule has 22 heavy (non-hydrogen) atoms. The molecule has 0 aromatic heterocycles. The van der Waals surface area contributed by atoms with E-state index in [1.165, 1.54) is 23.7 Å². The van der Waals surface area contributed by atoms with Crippen LogP contribution < -0.4 is 4.90 Å². The molecule has 2 aliphatic heterocycles. The summed E-state index contributed by atoms with van der Waals surface area (Å²) in [6.07, 6.45) is -2.10. The standard InChI is InChI=1S/C14H13ClF2N2O2S/c1-18(7-11(16)17)13(21)14-5-4-12(20)19(14)9-6-8(15)2-3-10(9)22-14/h2-3,6,11H,4-5,7H2,1H3/t14-/m1/s1. The summed E-state index contributed by atoms with van der Waals surface area (Å²) in [5.41, 5.74) is 0.582. The van der Waals surface area contributed by atoms with Crippen molar-refractivity contribution in [3.05, 3.63) is 23.2 Å². The number of likely N-dealkylation sites (N-methyl/N-ethyl adjacent to an activating group) is 1. The fraction of sp³-hybridized carbons (Fsp3) is 0.429. The van der Waals surface area contributed by atoms with Crippen molar-refractivity contribution in [2.24, 2.45) is 0 Å². The molecule has 4 nitrogen and oxygen atoms in total. The van der Waals surface area contributed by atoms with Crippen LogP contribution in [0.1, 0.15) is 12.8 Å². The van der Waals surface area contributed by atoms with E-state index in [9.17, 15) is 18.4 Å². The minimum atomic E-state index is -2.61. The summed E-state index contributed by atoms with van der Waals surface area (Å²) in [4.78, 5) is 27.0. The lowest BCUT2D eigenvalue weighted by Gasteiger charge is -2.33. The first-order chi connectivity index (χ1) is 10.3. The number of amides is 2. The Morgan fingerprint density at radius 1 is 1.55 bits per heavy atom. The van der Waals surface area contributed by atoms with Gasteiger partial charge in [-0.1, -0.05) is 23.4 Å². The monoisotopic (exact) mass is 346 g/mol. The van der Waals surface area contributed by atoms with E-state index in [-0.39, 0.29) is 12.3 Å². The van der Waals surface area contributed by atoms with E-state index >= 15 is 0 Å². The van der Waals surface area contributed by atoms with Crippen LogP contribution in [0.3, 0.4) is 0 Å². The Kier molecular flexibility index (Phi) is 3.81. The minimum absolute atomic E-state index is 0.188. The highest BCUT2D eigenvalue weighted by Crippen LogP contribution is 2.56. The SMILES string of the molecule is CN(CC(F)F)C(=O)[C@]12CCC(=O)N1c1cc(Cl)ccc1S2. The third-order valence-electron chi connectivity index (χ3n) is 3.82. The van der Waals surface area contributed by atoms with Crippen molar-refractivity contribution < 1.29 is 18.4 Å². The molecule has 0 spiro atoms. The van der Waals surface area contributed by atoms with Gasteiger partial charge in [-0.2, -0.15) is 0 Å². The van der Waals surface area contributed by atoms with Gasteiger partial charge in [0.15, 0.2) is 4.87 Å². The number of fused-ring (bicyclic) bond motifs is 3. The highest BCUT2D eigenvalue weighted by atomic mass is 35.5. The average molecular weight is 347 g/mol. The van der Waals surface area contributed by atoms with Gasteiger partial charge >= 0.3 is 0 Å². The van der Waals surface area contributed by atoms with Crippen LogP contribution in [0.2, 0.25) is 5.02 Å². The van der Waals surface area contributed by atoms with Crippen molar-refractivity contribution in [2.45, 2.75) is 29.0 Å². The zero-order valence-corrected chi connectivity index (χ0v) is 13.3. The molecule has 0 bridgehead atoms. The van der Waals surface area contributed by atoms with E-state index in [0.717, 1.165) is 9.80 Å². The van der Waals surface area contributed by atoms with Crippen LogP contribution in [0.15, 0.2) is 23.1 Å². The molecular weight excluding hydrogens is 334 g/mol. The van der Waals surface area contributed by atoms with E-state index in [1.807, 2.05) is 0 Å². The summed E-state index contributed by atoms with van der Waals surface area (Å²) in [5, 5.41) is 0.461. The van der Waals surface area contributed by atoms with Gasteiger partial charge in [0, 0.05) is 23.4 Å². The number of rotatable bonds is 3. The first kappa shape index (κ1) is 15.6. The molecule has 2 heterocycles. The summed E-state index contributed by atoms with van der Waals surface area (Å²) in [7, 11) is 1.33. The molecule has 0 aliphatic carbocycles. The van der Waals surface area contributed by atoms with Crippen LogP contribution in [0.5, 0.6) is 0 Å². The highest BCUT2D eigenvalue weighted by molar-refractivity contribution is 8.02. The van der Waals surface area contributed by atoms with Gasteiger partial charge in [-0.25, -0.2) is 8.78 Å². The van der Waals surface area contributed by atoms with Crippen LogP contribution in [0, 0.1) is 0 Å². The molecule has 1 saturated heterocycles. The predicted molar refractivity (Wildman–Crippen MR) is 80.4 cm³/mol. The van der Waals surface area contributed by atoms with Crippen LogP contribution in [-0.4, -0.2) is 41.6 Å². The molecule has 1 atom stereocenters. The molecular formula is C14H13ClF2N2O2S. The van der Waals surface area contributed by atoms with E-state index in [2.05, 4.69) is 0 Å². The normalized spacial score (nSPS) is 23.0. The molecule has 2 aliphatic rings. The first-order valence-corrected chi connectivity index (χ1v) is 7.90. The molecule has 1 aromatic carbocycles. The summed E-state index contributed by atoms with van der Waals surface area (Å²) in [6, 6.07) is 5.06. The molecule has 2 amide bonds. The van der Waals surface area contributed by atoms with Gasteiger partial charge in [0.25, 0.3) is 12.3 Å². The van der Waals surface area contributed by atoms with Crippen molar-refractivity contribution in [1.82, 2.24) is 4.90 Å². The maximum atomic E-state index is 12.7. The highest BCUT2D eigenvalue weighted by Gasteiger charge is 2.58. The maximum absolute atomic E-state index is 12.7. The molecule has 1 aromatic rings. The molecule has 1 fully saturated rings. The Hall–Kier alpha value is -1.34. The summed E-state index contributed by atoms with van der Waals surface area (Å²) < 4.78 is 25.1. The van der Waals surface area contributed by atoms with Crippen molar-refractivity contribution in [1.29, 1.82) is 0 Å². The topological polar surface area (TPSA) is 40.6 Å². The van der Waals surface area contributed by atoms with Gasteiger partial charge in [-0.3, -0.25) is 14.5 Å². The number of hydrogen-bond donors (Lipinski definition) is 0. The zero-order valence-electron chi connectivity index (χ0n) is 11.7. The Balaban J connectivity index is 2.00. The molecule has 0 saturated carbocycles. The van der Waals surface area contributed by atoms with Crippen LogP contribution in [0.4, 0.5) is 14.5 Å². The fourth-order valence-corrected chi connectivity index (χ4v) is 4.55. The second kappa shape index (κ2) is 5.38. The van der Waals surface area contributed by atoms with E-state index in [0.29, 0.717) is 17.1 Å². The van der Waals surface area contributed by atoms with Crippen molar-refractivity contribution >= 4 is 40.9 Å². The average Bonchev–Trinajstić information content (AvgIpc) is 2.94. The number of benzene rings is 1. The number of alkyl halides is 2. The summed E-state index contributed by atoms with van der Waals surface area (Å²) in [6.45, 7) is -0.653. The number of halogens is 3. The van der Waals surface area contributed by atoms with Crippen molar-refractivity contribution in [3.8, 4) is 0 Å². The Labute approximate surface area is 135 Å². The number of anilines is 1. The van der Waals surface area contributed by atoms with E-state index in [1.54, 1.807) is 18.2 Å². The smallest absolute Gasteiger partial charge is 0.259 e. The lowest BCUT2D eigenvalue weighted by atomic mass is 10.1. The van der Waals surface area contributed by atoms with Crippen molar-refractivity contribution in [3.63, 3.8) is 0 Å². The van der Waals surface area contributed by atoms with Gasteiger partial charge in [0.1, 0.15) is 0 Å². The number of thioether (sulfide) groups is 1. The Morgan fingerprint density at radius 2 is 2.27 bits per heavy atom. The zero-order chi connectivity index (χ0) is 16.1. The van der Waals surface area contributed by atoms with Gasteiger partial charge in [-0.05, 0) is 24.6 Å². The molecule has 0 N–H and O–H groups in total. The third kappa shape index (κ3) is 2.27. The van der Waals surface area contributed by atoms with Crippen LogP contribution in [-0.2, 0) is 9.59 Å². The van der Waals surface area contributed by atoms with Gasteiger partial charge in [-0.15, -0.1) is 0 Å². The molecule has 3 rings (SSSR count). The Bertz CT molecular complexity index is 658. The molecule has 0 unspecified atom stereocenters. The maximum Gasteiger partial charge on any atom is 0.259 e. The summed E-state index contributed by atoms with van der Waals surface area (Å²) >= 11 is 7.22. The molecule has 118 valence electrons. The number of nitrogens with zero attached hydrogens (tertiary/aromatic N) is 2. The number of hydrogen-bond acceptors (Lipinski definition) is 3. The quantitative estimate of drug-likeness (QED) is 0.844. The molecule has 8 heteroatoms. The predicted octanol–water partition coefficient (Wildman–Crippen LogP) is 2.99. The van der Waals surface area contributed by atoms with Crippen molar-refractivity contribution in [2.75, 3.05) is 18.5 Å². The lowest BCUT2D eigenvalue weighted by molar-refractivity contribution is -0.134. The van der Waals surface area contributed by atoms with Crippen LogP contribution in [0.25, 0.3) is 0 Å². The first-order valence-electron chi connectivity index (χ1n) is 6.70. The second-order valence-corrected chi connectivity index (χ2v) is 7.06. The minimum Gasteiger partial charge on any atom is -0.337 e. The van der Waals surface area contributed by atoms with E-state index in [4.69, 9.17) is 11.6 Å². The van der Waals surface area contributed by atoms with Crippen LogP contribution >= 0.6 is 23.4 Å². The van der Waals surface area contributed by atoms with Gasteiger partial charge in [0.05, 0.1) is 12.2 Å². The lowest BCUT2D eigenvalue weighted by Crippen LogP contribution is -2.53. The summed E-state index contributed by atoms with van der Waals surface area (Å²) in [5.74, 6) is -0.664. The van der Waals surface area contributed by atoms with E-state index < -0.39 is 23.7 Å². The van der Waals surface area contributed by atoms with Gasteiger partial charge < -0.3 is 4.90 Å². The van der Waals surface area contributed by atoms with Gasteiger partial charge in [0.2, 0.25) is 5.91 Å². The molecule has 0 radical (unpaired) electrons. The third-order valence-corrected chi connectivity index (χ3v) is 5.52.